The molecule has 1 atom stereocenters. The molecule has 1 aliphatic heterocycles. The second-order valence-corrected chi connectivity index (χ2v) is 7.93. The fourth-order valence-corrected chi connectivity index (χ4v) is 3.14. The first kappa shape index (κ1) is 17.7. The van der Waals surface area contributed by atoms with E-state index in [0.29, 0.717) is 13.0 Å². The summed E-state index contributed by atoms with van der Waals surface area (Å²) in [4.78, 5) is 16.5. The number of alkyl carbamates (subject to hydrolysis) is 1. The highest BCUT2D eigenvalue weighted by Crippen LogP contribution is 2.39. The van der Waals surface area contributed by atoms with E-state index in [-0.39, 0.29) is 5.92 Å². The van der Waals surface area contributed by atoms with Gasteiger partial charge in [-0.25, -0.2) is 4.79 Å². The number of hydrogen-bond acceptors (Lipinski definition) is 4. The fraction of sp³-hybridized carbons (Fsp3) is 0.368. The van der Waals surface area contributed by atoms with Gasteiger partial charge in [-0.1, -0.05) is 15.9 Å². The molecule has 1 aliphatic rings. The predicted molar refractivity (Wildman–Crippen MR) is 99.1 cm³/mol. The Hall–Kier alpha value is -2.08. The molecule has 1 amide bonds. The lowest BCUT2D eigenvalue weighted by Crippen LogP contribution is -2.35. The molecule has 6 heteroatoms. The highest BCUT2D eigenvalue weighted by Gasteiger charge is 2.26. The van der Waals surface area contributed by atoms with Gasteiger partial charge in [0.25, 0.3) is 0 Å². The van der Waals surface area contributed by atoms with Crippen LogP contribution < -0.4 is 10.1 Å². The molecule has 1 aromatic carbocycles. The number of halogens is 1. The molecule has 0 radical (unpaired) electrons. The van der Waals surface area contributed by atoms with Crippen molar-refractivity contribution in [3.63, 3.8) is 0 Å². The van der Waals surface area contributed by atoms with Gasteiger partial charge in [-0.2, -0.15) is 0 Å². The Morgan fingerprint density at radius 3 is 2.92 bits per heavy atom. The molecule has 3 rings (SSSR count). The average Bonchev–Trinajstić information content (AvgIpc) is 2.67. The largest absolute Gasteiger partial charge is 0.455 e. The van der Waals surface area contributed by atoms with Gasteiger partial charge in [-0.3, -0.25) is 4.98 Å². The minimum absolute atomic E-state index is 0.0381. The van der Waals surface area contributed by atoms with Crippen LogP contribution in [0.1, 0.15) is 37.9 Å². The Balaban J connectivity index is 1.84. The number of benzene rings is 1. The van der Waals surface area contributed by atoms with E-state index in [9.17, 15) is 4.79 Å². The third-order valence-corrected chi connectivity index (χ3v) is 4.30. The zero-order chi connectivity index (χ0) is 18.0. The van der Waals surface area contributed by atoms with Crippen molar-refractivity contribution in [2.45, 2.75) is 38.7 Å². The molecule has 0 saturated carbocycles. The molecule has 2 heterocycles. The van der Waals surface area contributed by atoms with Crippen molar-refractivity contribution in [1.82, 2.24) is 10.3 Å². The van der Waals surface area contributed by atoms with Gasteiger partial charge in [0.2, 0.25) is 0 Å². The fourth-order valence-electron chi connectivity index (χ4n) is 2.77. The first-order valence-electron chi connectivity index (χ1n) is 8.20. The van der Waals surface area contributed by atoms with Crippen LogP contribution in [0.4, 0.5) is 4.79 Å². The minimum atomic E-state index is -0.522. The zero-order valence-corrected chi connectivity index (χ0v) is 16.1. The second-order valence-electron chi connectivity index (χ2n) is 7.02. The maximum atomic E-state index is 12.0. The van der Waals surface area contributed by atoms with Crippen LogP contribution in [0.3, 0.4) is 0 Å². The molecule has 2 aromatic rings. The van der Waals surface area contributed by atoms with E-state index in [4.69, 9.17) is 9.47 Å². The molecule has 1 unspecified atom stereocenters. The van der Waals surface area contributed by atoms with E-state index in [1.54, 1.807) is 6.20 Å². The monoisotopic (exact) mass is 404 g/mol. The Morgan fingerprint density at radius 1 is 1.36 bits per heavy atom. The first-order valence-corrected chi connectivity index (χ1v) is 8.99. The lowest BCUT2D eigenvalue weighted by molar-refractivity contribution is 0.0524. The van der Waals surface area contributed by atoms with E-state index >= 15 is 0 Å². The van der Waals surface area contributed by atoms with Crippen LogP contribution in [0.2, 0.25) is 0 Å². The van der Waals surface area contributed by atoms with Gasteiger partial charge >= 0.3 is 6.09 Å². The SMILES string of the molecule is CC(C)(C)OC(=O)NCC1Cc2ncccc2Oc2ccc(Br)cc21. The first-order chi connectivity index (χ1) is 11.8. The molecule has 5 nitrogen and oxygen atoms in total. The van der Waals surface area contributed by atoms with Crippen LogP contribution in [0.5, 0.6) is 11.5 Å². The normalized spacial score (nSPS) is 16.1. The summed E-state index contributed by atoms with van der Waals surface area (Å²) in [6.07, 6.45) is 2.01. The lowest BCUT2D eigenvalue weighted by Gasteiger charge is -2.22. The van der Waals surface area contributed by atoms with Crippen molar-refractivity contribution in [2.75, 3.05) is 6.54 Å². The third kappa shape index (κ3) is 4.51. The number of nitrogens with one attached hydrogen (secondary N) is 1. The lowest BCUT2D eigenvalue weighted by atomic mass is 9.94. The Kier molecular flexibility index (Phi) is 4.99. The number of ether oxygens (including phenoxy) is 2. The zero-order valence-electron chi connectivity index (χ0n) is 14.5. The molecule has 1 aromatic heterocycles. The minimum Gasteiger partial charge on any atom is -0.455 e. The van der Waals surface area contributed by atoms with E-state index in [0.717, 1.165) is 27.2 Å². The van der Waals surface area contributed by atoms with Gasteiger partial charge in [-0.05, 0) is 51.1 Å². The smallest absolute Gasteiger partial charge is 0.407 e. The molecular weight excluding hydrogens is 384 g/mol. The third-order valence-electron chi connectivity index (χ3n) is 3.81. The summed E-state index contributed by atoms with van der Waals surface area (Å²) in [7, 11) is 0. The summed E-state index contributed by atoms with van der Waals surface area (Å²) in [6.45, 7) is 5.98. The maximum absolute atomic E-state index is 12.0. The van der Waals surface area contributed by atoms with Gasteiger partial charge in [0.15, 0.2) is 0 Å². The van der Waals surface area contributed by atoms with Crippen molar-refractivity contribution in [3.05, 3.63) is 52.3 Å². The van der Waals surface area contributed by atoms with Crippen molar-refractivity contribution in [3.8, 4) is 11.5 Å². The number of hydrogen-bond donors (Lipinski definition) is 1. The van der Waals surface area contributed by atoms with E-state index < -0.39 is 11.7 Å². The average molecular weight is 405 g/mol. The number of rotatable bonds is 2. The van der Waals surface area contributed by atoms with Gasteiger partial charge in [-0.15, -0.1) is 0 Å². The van der Waals surface area contributed by atoms with Crippen LogP contribution in [0.25, 0.3) is 0 Å². The maximum Gasteiger partial charge on any atom is 0.407 e. The van der Waals surface area contributed by atoms with Crippen LogP contribution in [-0.4, -0.2) is 23.2 Å². The van der Waals surface area contributed by atoms with Crippen molar-refractivity contribution in [2.24, 2.45) is 0 Å². The molecule has 0 aliphatic carbocycles. The Morgan fingerprint density at radius 2 is 2.16 bits per heavy atom. The molecule has 0 saturated heterocycles. The van der Waals surface area contributed by atoms with Gasteiger partial charge in [0.05, 0.1) is 5.69 Å². The molecule has 0 spiro atoms. The molecule has 0 fully saturated rings. The number of carbonyl (C=O) groups is 1. The number of nitrogens with zero attached hydrogens (tertiary/aromatic N) is 1. The highest BCUT2D eigenvalue weighted by molar-refractivity contribution is 9.10. The standard InChI is InChI=1S/C19H21BrN2O3/c1-19(2,3)25-18(23)22-11-12-9-15-17(5-4-8-21-15)24-16-7-6-13(20)10-14(12)16/h4-8,10,12H,9,11H2,1-3H3,(H,22,23). The molecular formula is C19H21BrN2O3. The molecule has 0 bridgehead atoms. The molecule has 25 heavy (non-hydrogen) atoms. The van der Waals surface area contributed by atoms with Crippen LogP contribution in [0.15, 0.2) is 41.0 Å². The number of carbonyl (C=O) groups excluding carboxylic acids is 1. The second kappa shape index (κ2) is 7.04. The molecule has 132 valence electrons. The Bertz CT molecular complexity index is 786. The van der Waals surface area contributed by atoms with Crippen LogP contribution >= 0.6 is 15.9 Å². The summed E-state index contributed by atoms with van der Waals surface area (Å²) in [6, 6.07) is 9.68. The summed E-state index contributed by atoms with van der Waals surface area (Å²) in [5.41, 5.74) is 1.39. The van der Waals surface area contributed by atoms with E-state index in [2.05, 4.69) is 26.2 Å². The quantitative estimate of drug-likeness (QED) is 0.780. The van der Waals surface area contributed by atoms with Crippen molar-refractivity contribution in [1.29, 1.82) is 0 Å². The summed E-state index contributed by atoms with van der Waals surface area (Å²) in [5.74, 6) is 1.58. The van der Waals surface area contributed by atoms with E-state index in [1.807, 2.05) is 51.1 Å². The van der Waals surface area contributed by atoms with Crippen LogP contribution in [-0.2, 0) is 11.2 Å². The Labute approximate surface area is 155 Å². The van der Waals surface area contributed by atoms with Crippen molar-refractivity contribution >= 4 is 22.0 Å². The van der Waals surface area contributed by atoms with E-state index in [1.165, 1.54) is 0 Å². The topological polar surface area (TPSA) is 60.5 Å². The predicted octanol–water partition coefficient (Wildman–Crippen LogP) is 4.80. The van der Waals surface area contributed by atoms with Crippen LogP contribution in [0, 0.1) is 0 Å². The number of amides is 1. The summed E-state index contributed by atoms with van der Waals surface area (Å²) < 4.78 is 12.4. The highest BCUT2D eigenvalue weighted by atomic mass is 79.9. The number of pyridine rings is 1. The molecule has 1 N–H and O–H groups in total. The summed E-state index contributed by atoms with van der Waals surface area (Å²) >= 11 is 3.52. The van der Waals surface area contributed by atoms with Gasteiger partial charge in [0.1, 0.15) is 17.1 Å². The van der Waals surface area contributed by atoms with Gasteiger partial charge < -0.3 is 14.8 Å². The number of fused-ring (bicyclic) bond motifs is 2. The number of aromatic nitrogens is 1. The van der Waals surface area contributed by atoms with Gasteiger partial charge in [0, 0.05) is 35.1 Å². The van der Waals surface area contributed by atoms with Crippen molar-refractivity contribution < 1.29 is 14.3 Å². The summed E-state index contributed by atoms with van der Waals surface area (Å²) in [5, 5.41) is 2.87.